The predicted molar refractivity (Wildman–Crippen MR) is 99.2 cm³/mol. The van der Waals surface area contributed by atoms with E-state index in [1.807, 2.05) is 61.5 Å². The highest BCUT2D eigenvalue weighted by molar-refractivity contribution is 6.08. The van der Waals surface area contributed by atoms with E-state index in [9.17, 15) is 9.59 Å². The fourth-order valence-corrected chi connectivity index (χ4v) is 3.63. The summed E-state index contributed by atoms with van der Waals surface area (Å²) in [5, 5.41) is 2.91. The van der Waals surface area contributed by atoms with Gasteiger partial charge in [0.2, 0.25) is 5.91 Å². The molecule has 0 bridgehead atoms. The smallest absolute Gasteiger partial charge is 0.340 e. The summed E-state index contributed by atoms with van der Waals surface area (Å²) in [5.41, 5.74) is 5.07. The number of nitrogens with one attached hydrogen (secondary N) is 2. The van der Waals surface area contributed by atoms with E-state index in [4.69, 9.17) is 4.74 Å². The van der Waals surface area contributed by atoms with E-state index in [-0.39, 0.29) is 5.91 Å². The summed E-state index contributed by atoms with van der Waals surface area (Å²) in [7, 11) is 1.35. The second kappa shape index (κ2) is 6.19. The van der Waals surface area contributed by atoms with Crippen molar-refractivity contribution < 1.29 is 14.3 Å². The second-order valence-corrected chi connectivity index (χ2v) is 6.28. The minimum atomic E-state index is -0.569. The number of esters is 1. The Morgan fingerprint density at radius 1 is 1.04 bits per heavy atom. The zero-order valence-electron chi connectivity index (χ0n) is 14.5. The lowest BCUT2D eigenvalue weighted by molar-refractivity contribution is -0.116. The number of anilines is 1. The molecule has 5 heteroatoms. The molecule has 130 valence electrons. The fraction of sp³-hybridized carbons (Fsp3) is 0.143. The molecular formula is C21H18N2O3. The Kier molecular flexibility index (Phi) is 3.84. The molecule has 1 aliphatic rings. The van der Waals surface area contributed by atoms with Crippen molar-refractivity contribution in [2.24, 2.45) is 0 Å². The van der Waals surface area contributed by atoms with Crippen LogP contribution >= 0.6 is 0 Å². The van der Waals surface area contributed by atoms with Gasteiger partial charge in [-0.25, -0.2) is 4.79 Å². The van der Waals surface area contributed by atoms with Gasteiger partial charge in [-0.2, -0.15) is 0 Å². The Bertz CT molecular complexity index is 1010. The molecule has 3 aromatic rings. The van der Waals surface area contributed by atoms with Gasteiger partial charge in [-0.05, 0) is 24.1 Å². The minimum absolute atomic E-state index is 0.146. The average Bonchev–Trinajstić information content (AvgIpc) is 3.17. The van der Waals surface area contributed by atoms with Gasteiger partial charge in [-0.15, -0.1) is 0 Å². The Morgan fingerprint density at radius 2 is 1.73 bits per heavy atom. The molecule has 0 fully saturated rings. The van der Waals surface area contributed by atoms with Crippen LogP contribution in [0.4, 0.5) is 5.69 Å². The third-order valence-electron chi connectivity index (χ3n) is 4.76. The summed E-state index contributed by atoms with van der Waals surface area (Å²) in [6, 6.07) is 17.2. The number of hydrogen-bond donors (Lipinski definition) is 2. The fourth-order valence-electron chi connectivity index (χ4n) is 3.63. The number of benzene rings is 2. The first-order valence-corrected chi connectivity index (χ1v) is 8.37. The zero-order chi connectivity index (χ0) is 18.3. The minimum Gasteiger partial charge on any atom is -0.465 e. The number of aromatic amines is 1. The standard InChI is InChI=1S/C21H18N2O3/c1-12-16(21(25)26-2)18(19(22-12)13-8-4-3-5-9-13)17-14-10-6-7-11-15(14)23-20(17)24/h3-11,17,22H,1-2H3,(H,23,24). The van der Waals surface area contributed by atoms with Crippen molar-refractivity contribution in [1.82, 2.24) is 4.98 Å². The average molecular weight is 346 g/mol. The number of ether oxygens (including phenoxy) is 1. The maximum Gasteiger partial charge on any atom is 0.340 e. The summed E-state index contributed by atoms with van der Waals surface area (Å²) in [5.74, 6) is -1.17. The first-order valence-electron chi connectivity index (χ1n) is 8.37. The third kappa shape index (κ3) is 2.40. The normalized spacial score (nSPS) is 15.5. The van der Waals surface area contributed by atoms with Gasteiger partial charge in [0.05, 0.1) is 24.3 Å². The first kappa shape index (κ1) is 16.1. The number of aryl methyl sites for hydroxylation is 1. The number of amides is 1. The van der Waals surface area contributed by atoms with Gasteiger partial charge in [0.25, 0.3) is 0 Å². The SMILES string of the molecule is COC(=O)c1c(C)[nH]c(-c2ccccc2)c1C1C(=O)Nc2ccccc21. The van der Waals surface area contributed by atoms with Crippen LogP contribution in [-0.4, -0.2) is 24.0 Å². The lowest BCUT2D eigenvalue weighted by Crippen LogP contribution is -2.17. The second-order valence-electron chi connectivity index (χ2n) is 6.28. The third-order valence-corrected chi connectivity index (χ3v) is 4.76. The summed E-state index contributed by atoms with van der Waals surface area (Å²) < 4.78 is 5.00. The van der Waals surface area contributed by atoms with Gasteiger partial charge < -0.3 is 15.0 Å². The highest BCUT2D eigenvalue weighted by Crippen LogP contribution is 2.43. The van der Waals surface area contributed by atoms with Gasteiger partial charge >= 0.3 is 5.97 Å². The lowest BCUT2D eigenvalue weighted by Gasteiger charge is -2.13. The quantitative estimate of drug-likeness (QED) is 0.708. The topological polar surface area (TPSA) is 71.2 Å². The number of methoxy groups -OCH3 is 1. The number of carbonyl (C=O) groups excluding carboxylic acids is 2. The maximum atomic E-state index is 12.8. The van der Waals surface area contributed by atoms with Crippen molar-refractivity contribution in [2.45, 2.75) is 12.8 Å². The molecule has 0 radical (unpaired) electrons. The van der Waals surface area contributed by atoms with Crippen LogP contribution in [0, 0.1) is 6.92 Å². The van der Waals surface area contributed by atoms with Crippen molar-refractivity contribution in [3.05, 3.63) is 77.0 Å². The predicted octanol–water partition coefficient (Wildman–Crippen LogP) is 3.86. The van der Waals surface area contributed by atoms with E-state index in [0.717, 1.165) is 22.5 Å². The van der Waals surface area contributed by atoms with E-state index in [2.05, 4.69) is 10.3 Å². The van der Waals surface area contributed by atoms with E-state index < -0.39 is 11.9 Å². The molecule has 1 unspecified atom stereocenters. The summed E-state index contributed by atoms with van der Waals surface area (Å²) in [6.07, 6.45) is 0. The Balaban J connectivity index is 2.00. The number of aromatic nitrogens is 1. The van der Waals surface area contributed by atoms with Crippen LogP contribution in [0.5, 0.6) is 0 Å². The number of H-pyrrole nitrogens is 1. The molecule has 26 heavy (non-hydrogen) atoms. The van der Waals surface area contributed by atoms with Crippen LogP contribution in [0.25, 0.3) is 11.3 Å². The molecule has 2 N–H and O–H groups in total. The molecule has 2 aromatic carbocycles. The molecule has 1 atom stereocenters. The molecular weight excluding hydrogens is 328 g/mol. The van der Waals surface area contributed by atoms with E-state index in [1.54, 1.807) is 0 Å². The number of para-hydroxylation sites is 1. The van der Waals surface area contributed by atoms with E-state index in [1.165, 1.54) is 7.11 Å². The highest BCUT2D eigenvalue weighted by Gasteiger charge is 2.38. The monoisotopic (exact) mass is 346 g/mol. The van der Waals surface area contributed by atoms with Gasteiger partial charge in [0.15, 0.2) is 0 Å². The summed E-state index contributed by atoms with van der Waals surface area (Å²) in [4.78, 5) is 28.6. The number of fused-ring (bicyclic) bond motifs is 1. The van der Waals surface area contributed by atoms with Gasteiger partial charge in [-0.1, -0.05) is 48.5 Å². The van der Waals surface area contributed by atoms with Crippen molar-refractivity contribution in [2.75, 3.05) is 12.4 Å². The van der Waals surface area contributed by atoms with Crippen molar-refractivity contribution in [3.8, 4) is 11.3 Å². The van der Waals surface area contributed by atoms with Crippen molar-refractivity contribution >= 4 is 17.6 Å². The van der Waals surface area contributed by atoms with Gasteiger partial charge in [0.1, 0.15) is 0 Å². The number of rotatable bonds is 3. The molecule has 2 heterocycles. The Hall–Kier alpha value is -3.34. The highest BCUT2D eigenvalue weighted by atomic mass is 16.5. The van der Waals surface area contributed by atoms with Crippen LogP contribution in [0.15, 0.2) is 54.6 Å². The van der Waals surface area contributed by atoms with E-state index in [0.29, 0.717) is 16.8 Å². The van der Waals surface area contributed by atoms with Crippen molar-refractivity contribution in [1.29, 1.82) is 0 Å². The molecule has 1 aliphatic heterocycles. The lowest BCUT2D eigenvalue weighted by atomic mass is 9.87. The number of carbonyl (C=O) groups is 2. The Labute approximate surface area is 151 Å². The molecule has 1 amide bonds. The molecule has 1 aromatic heterocycles. The molecule has 0 saturated heterocycles. The van der Waals surface area contributed by atoms with Gasteiger partial charge in [-0.3, -0.25) is 4.79 Å². The van der Waals surface area contributed by atoms with Crippen LogP contribution in [0.1, 0.15) is 33.1 Å². The van der Waals surface area contributed by atoms with Crippen LogP contribution < -0.4 is 5.32 Å². The first-order chi connectivity index (χ1) is 12.6. The molecule has 4 rings (SSSR count). The molecule has 5 nitrogen and oxygen atoms in total. The van der Waals surface area contributed by atoms with Gasteiger partial charge in [0, 0.05) is 16.9 Å². The molecule has 0 spiro atoms. The Morgan fingerprint density at radius 3 is 2.46 bits per heavy atom. The number of hydrogen-bond acceptors (Lipinski definition) is 3. The van der Waals surface area contributed by atoms with Crippen LogP contribution in [0.3, 0.4) is 0 Å². The molecule has 0 saturated carbocycles. The van der Waals surface area contributed by atoms with Crippen LogP contribution in [0.2, 0.25) is 0 Å². The largest absolute Gasteiger partial charge is 0.465 e. The van der Waals surface area contributed by atoms with Crippen LogP contribution in [-0.2, 0) is 9.53 Å². The summed E-state index contributed by atoms with van der Waals surface area (Å²) in [6.45, 7) is 1.82. The van der Waals surface area contributed by atoms with E-state index >= 15 is 0 Å². The van der Waals surface area contributed by atoms with Crippen molar-refractivity contribution in [3.63, 3.8) is 0 Å². The zero-order valence-corrected chi connectivity index (χ0v) is 14.5. The maximum absolute atomic E-state index is 12.8. The molecule has 0 aliphatic carbocycles. The summed E-state index contributed by atoms with van der Waals surface area (Å²) >= 11 is 0.